The van der Waals surface area contributed by atoms with Crippen molar-refractivity contribution in [3.05, 3.63) is 12.0 Å². The standard InChI is InChI=1S/C14H19N4O5P/c15-13-10-9(17-5-18-13)6(4-16-10)8-7-3-14(7,12(20)11(8)19)1-2-24(21,22)23/h4-8,11-12,19-20H,1-3H2,(H2,15,17,18)(H2,21,22,23)/t6?,7-,8-,11+,12+,14?/m1/s1. The molecule has 0 amide bonds. The Bertz CT molecular complexity index is 768. The van der Waals surface area contributed by atoms with Gasteiger partial charge in [-0.25, -0.2) is 9.97 Å². The number of hydrogen-bond donors (Lipinski definition) is 5. The van der Waals surface area contributed by atoms with Crippen LogP contribution >= 0.6 is 7.60 Å². The molecule has 2 heterocycles. The van der Waals surface area contributed by atoms with Gasteiger partial charge in [-0.3, -0.25) is 9.56 Å². The number of aliphatic hydroxyl groups is 2. The molecule has 0 radical (unpaired) electrons. The van der Waals surface area contributed by atoms with Crippen molar-refractivity contribution in [2.24, 2.45) is 22.2 Å². The normalized spacial score (nSPS) is 39.8. The molecule has 3 aliphatic rings. The molecule has 0 spiro atoms. The fourth-order valence-electron chi connectivity index (χ4n) is 4.54. The van der Waals surface area contributed by atoms with Gasteiger partial charge in [-0.15, -0.1) is 0 Å². The summed E-state index contributed by atoms with van der Waals surface area (Å²) in [4.78, 5) is 30.6. The lowest BCUT2D eigenvalue weighted by atomic mass is 9.84. The first kappa shape index (κ1) is 16.1. The molecule has 0 saturated heterocycles. The Morgan fingerprint density at radius 3 is 2.79 bits per heavy atom. The Morgan fingerprint density at radius 2 is 2.08 bits per heavy atom. The van der Waals surface area contributed by atoms with Gasteiger partial charge in [0.05, 0.1) is 24.1 Å². The number of fused-ring (bicyclic) bond motifs is 2. The van der Waals surface area contributed by atoms with Gasteiger partial charge in [0, 0.05) is 23.5 Å². The Morgan fingerprint density at radius 1 is 1.33 bits per heavy atom. The maximum Gasteiger partial charge on any atom is 0.325 e. The van der Waals surface area contributed by atoms with E-state index in [1.54, 1.807) is 6.21 Å². The van der Waals surface area contributed by atoms with Crippen molar-refractivity contribution in [2.75, 3.05) is 11.9 Å². The first-order valence-electron chi connectivity index (χ1n) is 7.80. The summed E-state index contributed by atoms with van der Waals surface area (Å²) in [6, 6.07) is 0. The lowest BCUT2D eigenvalue weighted by Gasteiger charge is -2.26. The molecule has 2 fully saturated rings. The molecule has 9 nitrogen and oxygen atoms in total. The van der Waals surface area contributed by atoms with Crippen LogP contribution in [0.1, 0.15) is 24.5 Å². The summed E-state index contributed by atoms with van der Waals surface area (Å²) in [6.45, 7) is 0. The molecule has 6 N–H and O–H groups in total. The van der Waals surface area contributed by atoms with Crippen LogP contribution in [0, 0.1) is 17.3 Å². The quantitative estimate of drug-likeness (QED) is 0.464. The first-order chi connectivity index (χ1) is 11.2. The van der Waals surface area contributed by atoms with E-state index < -0.39 is 25.2 Å². The number of aromatic nitrogens is 2. The van der Waals surface area contributed by atoms with Crippen molar-refractivity contribution in [3.8, 4) is 0 Å². The van der Waals surface area contributed by atoms with Gasteiger partial charge in [0.1, 0.15) is 12.0 Å². The minimum atomic E-state index is -4.14. The van der Waals surface area contributed by atoms with Gasteiger partial charge in [0.2, 0.25) is 0 Å². The summed E-state index contributed by atoms with van der Waals surface area (Å²) in [7, 11) is -4.14. The summed E-state index contributed by atoms with van der Waals surface area (Å²) >= 11 is 0. The molecule has 130 valence electrons. The molecule has 0 bridgehead atoms. The van der Waals surface area contributed by atoms with E-state index in [1.165, 1.54) is 6.33 Å². The number of anilines is 1. The van der Waals surface area contributed by atoms with Gasteiger partial charge < -0.3 is 25.7 Å². The smallest absolute Gasteiger partial charge is 0.325 e. The van der Waals surface area contributed by atoms with Crippen LogP contribution in [-0.2, 0) is 4.57 Å². The number of aliphatic imine (C=N–C) groups is 1. The van der Waals surface area contributed by atoms with Crippen molar-refractivity contribution < 1.29 is 24.6 Å². The molecule has 1 aliphatic heterocycles. The van der Waals surface area contributed by atoms with Crippen LogP contribution in [-0.4, -0.2) is 54.6 Å². The SMILES string of the molecule is Nc1ncnc2c1N=CC2[C@H]1[C@H](O)[C@H](O)C2(CCP(=O)(O)O)C[C@H]12. The predicted molar refractivity (Wildman–Crippen MR) is 84.9 cm³/mol. The van der Waals surface area contributed by atoms with Crippen molar-refractivity contribution in [1.29, 1.82) is 0 Å². The van der Waals surface area contributed by atoms with E-state index in [0.29, 0.717) is 17.8 Å². The lowest BCUT2D eigenvalue weighted by Crippen LogP contribution is -2.36. The van der Waals surface area contributed by atoms with Gasteiger partial charge in [0.25, 0.3) is 0 Å². The van der Waals surface area contributed by atoms with Crippen molar-refractivity contribution in [1.82, 2.24) is 9.97 Å². The largest absolute Gasteiger partial charge is 0.390 e. The fourth-order valence-corrected chi connectivity index (χ4v) is 5.25. The highest BCUT2D eigenvalue weighted by atomic mass is 31.2. The molecule has 2 aliphatic carbocycles. The average molecular weight is 354 g/mol. The van der Waals surface area contributed by atoms with Crippen LogP contribution in [0.4, 0.5) is 11.5 Å². The van der Waals surface area contributed by atoms with Crippen LogP contribution < -0.4 is 5.73 Å². The van der Waals surface area contributed by atoms with E-state index in [-0.39, 0.29) is 36.2 Å². The first-order valence-corrected chi connectivity index (χ1v) is 9.59. The van der Waals surface area contributed by atoms with Gasteiger partial charge in [-0.1, -0.05) is 0 Å². The zero-order valence-electron chi connectivity index (χ0n) is 12.7. The molecule has 24 heavy (non-hydrogen) atoms. The molecule has 2 saturated carbocycles. The summed E-state index contributed by atoms with van der Waals surface area (Å²) in [5.41, 5.74) is 6.31. The van der Waals surface area contributed by atoms with Crippen molar-refractivity contribution in [2.45, 2.75) is 31.0 Å². The molecule has 2 unspecified atom stereocenters. The topological polar surface area (TPSA) is 162 Å². The third-order valence-corrected chi connectivity index (χ3v) is 6.60. The second kappa shape index (κ2) is 5.06. The van der Waals surface area contributed by atoms with E-state index in [9.17, 15) is 14.8 Å². The van der Waals surface area contributed by atoms with E-state index >= 15 is 0 Å². The van der Waals surface area contributed by atoms with E-state index in [4.69, 9.17) is 15.5 Å². The number of hydrogen-bond acceptors (Lipinski definition) is 7. The van der Waals surface area contributed by atoms with Gasteiger partial charge in [-0.2, -0.15) is 0 Å². The van der Waals surface area contributed by atoms with Crippen molar-refractivity contribution in [3.63, 3.8) is 0 Å². The van der Waals surface area contributed by atoms with Gasteiger partial charge >= 0.3 is 7.60 Å². The average Bonchev–Trinajstić information content (AvgIpc) is 3.00. The van der Waals surface area contributed by atoms with Gasteiger partial charge in [-0.05, 0) is 18.8 Å². The van der Waals surface area contributed by atoms with Crippen molar-refractivity contribution >= 4 is 25.3 Å². The zero-order valence-corrected chi connectivity index (χ0v) is 13.6. The van der Waals surface area contributed by atoms with Crippen LogP contribution in [0.5, 0.6) is 0 Å². The number of nitrogens with zero attached hydrogens (tertiary/aromatic N) is 3. The fraction of sp³-hybridized carbons (Fsp3) is 0.643. The summed E-state index contributed by atoms with van der Waals surface area (Å²) < 4.78 is 11.2. The second-order valence-corrected chi connectivity index (χ2v) is 8.77. The Balaban J connectivity index is 1.60. The molecule has 1 aromatic heterocycles. The van der Waals surface area contributed by atoms with E-state index in [0.717, 1.165) is 0 Å². The Hall–Kier alpha value is -1.38. The summed E-state index contributed by atoms with van der Waals surface area (Å²) in [5, 5.41) is 21.0. The minimum Gasteiger partial charge on any atom is -0.390 e. The predicted octanol–water partition coefficient (Wildman–Crippen LogP) is -0.216. The van der Waals surface area contributed by atoms with Crippen LogP contribution in [0.3, 0.4) is 0 Å². The highest BCUT2D eigenvalue weighted by molar-refractivity contribution is 7.51. The molecule has 1 aromatic rings. The van der Waals surface area contributed by atoms with Crippen LogP contribution in [0.25, 0.3) is 0 Å². The number of nitrogens with two attached hydrogens (primary N) is 1. The number of aliphatic hydroxyl groups excluding tert-OH is 2. The molecular formula is C14H19N4O5P. The van der Waals surface area contributed by atoms with Crippen LogP contribution in [0.2, 0.25) is 0 Å². The van der Waals surface area contributed by atoms with E-state index in [1.807, 2.05) is 0 Å². The van der Waals surface area contributed by atoms with E-state index in [2.05, 4.69) is 15.0 Å². The number of rotatable bonds is 4. The third kappa shape index (κ3) is 2.23. The molecule has 0 aromatic carbocycles. The van der Waals surface area contributed by atoms with Gasteiger partial charge in [0.15, 0.2) is 5.82 Å². The highest BCUT2D eigenvalue weighted by Gasteiger charge is 2.71. The Labute approximate surface area is 137 Å². The monoisotopic (exact) mass is 354 g/mol. The third-order valence-electron chi connectivity index (χ3n) is 5.79. The highest BCUT2D eigenvalue weighted by Crippen LogP contribution is 2.71. The number of nitrogen functional groups attached to an aromatic ring is 1. The maximum atomic E-state index is 11.2. The molecular weight excluding hydrogens is 335 g/mol. The molecule has 4 rings (SSSR count). The zero-order chi connectivity index (χ0) is 17.3. The van der Waals surface area contributed by atoms with Crippen LogP contribution in [0.15, 0.2) is 11.3 Å². The maximum absolute atomic E-state index is 11.2. The molecule has 6 atom stereocenters. The lowest BCUT2D eigenvalue weighted by molar-refractivity contribution is -0.0225. The summed E-state index contributed by atoms with van der Waals surface area (Å²) in [5.74, 6) is -0.321. The summed E-state index contributed by atoms with van der Waals surface area (Å²) in [6.07, 6.45) is 1.57. The Kier molecular flexibility index (Phi) is 3.40. The molecule has 10 heteroatoms. The second-order valence-electron chi connectivity index (χ2n) is 6.99. The minimum absolute atomic E-state index is 0.0207.